The Morgan fingerprint density at radius 3 is 1.71 bits per heavy atom. The molecule has 0 saturated heterocycles. The fraction of sp³-hybridized carbons (Fsp3) is 0.0492. The quantitative estimate of drug-likeness (QED) is 0.160. The van der Waals surface area contributed by atoms with Crippen LogP contribution in [0.1, 0.15) is 25.0 Å². The fourth-order valence-corrected chi connectivity index (χ4v) is 10.4. The van der Waals surface area contributed by atoms with E-state index in [1.807, 2.05) is 6.07 Å². The van der Waals surface area contributed by atoms with E-state index < -0.39 is 0 Å². The van der Waals surface area contributed by atoms with Gasteiger partial charge in [0.05, 0.1) is 11.4 Å². The van der Waals surface area contributed by atoms with E-state index in [-0.39, 0.29) is 5.41 Å². The van der Waals surface area contributed by atoms with Crippen molar-refractivity contribution in [1.82, 2.24) is 0 Å². The Balaban J connectivity index is 1.17. The maximum absolute atomic E-state index is 6.65. The number of benzene rings is 10. The van der Waals surface area contributed by atoms with E-state index in [1.54, 1.807) is 0 Å². The molecule has 0 N–H and O–H groups in total. The zero-order valence-electron chi connectivity index (χ0n) is 35.2. The number of furan rings is 1. The lowest BCUT2D eigenvalue weighted by Crippen LogP contribution is -2.16. The molecule has 0 saturated carbocycles. The van der Waals surface area contributed by atoms with Gasteiger partial charge in [-0.1, -0.05) is 208 Å². The van der Waals surface area contributed by atoms with Crippen LogP contribution >= 0.6 is 0 Å². The van der Waals surface area contributed by atoms with E-state index in [1.165, 1.54) is 55.6 Å². The van der Waals surface area contributed by atoms with Crippen molar-refractivity contribution >= 4 is 49.8 Å². The monoisotopic (exact) mass is 805 g/mol. The second-order valence-electron chi connectivity index (χ2n) is 17.2. The summed E-state index contributed by atoms with van der Waals surface area (Å²) in [6, 6.07) is 81.8. The van der Waals surface area contributed by atoms with Crippen LogP contribution in [-0.4, -0.2) is 0 Å². The van der Waals surface area contributed by atoms with Gasteiger partial charge in [0.2, 0.25) is 0 Å². The lowest BCUT2D eigenvalue weighted by molar-refractivity contribution is 0.660. The first kappa shape index (κ1) is 36.9. The molecule has 63 heavy (non-hydrogen) atoms. The highest BCUT2D eigenvalue weighted by atomic mass is 16.3. The van der Waals surface area contributed by atoms with Crippen LogP contribution in [0.4, 0.5) is 17.1 Å². The number of anilines is 3. The van der Waals surface area contributed by atoms with E-state index in [0.717, 1.165) is 60.9 Å². The van der Waals surface area contributed by atoms with Crippen molar-refractivity contribution in [1.29, 1.82) is 0 Å². The smallest absolute Gasteiger partial charge is 0.143 e. The van der Waals surface area contributed by atoms with Gasteiger partial charge in [0.25, 0.3) is 0 Å². The van der Waals surface area contributed by atoms with Crippen molar-refractivity contribution in [3.05, 3.63) is 236 Å². The molecule has 2 nitrogen and oxygen atoms in total. The molecular formula is C61H43NO. The van der Waals surface area contributed by atoms with Crippen molar-refractivity contribution in [2.75, 3.05) is 4.90 Å². The third-order valence-electron chi connectivity index (χ3n) is 13.3. The summed E-state index contributed by atoms with van der Waals surface area (Å²) >= 11 is 0. The summed E-state index contributed by atoms with van der Waals surface area (Å²) in [5.74, 6) is 0. The van der Waals surface area contributed by atoms with Gasteiger partial charge in [0, 0.05) is 38.4 Å². The van der Waals surface area contributed by atoms with Crippen molar-refractivity contribution in [3.8, 4) is 55.6 Å². The average molecular weight is 806 g/mol. The average Bonchev–Trinajstić information content (AvgIpc) is 3.84. The predicted octanol–water partition coefficient (Wildman–Crippen LogP) is 17.2. The second kappa shape index (κ2) is 14.6. The Morgan fingerprint density at radius 1 is 0.349 bits per heavy atom. The zero-order chi connectivity index (χ0) is 42.1. The normalized spacial score (nSPS) is 12.7. The number of hydrogen-bond acceptors (Lipinski definition) is 2. The van der Waals surface area contributed by atoms with Gasteiger partial charge in [-0.25, -0.2) is 0 Å². The molecule has 1 aliphatic carbocycles. The van der Waals surface area contributed by atoms with Crippen molar-refractivity contribution in [2.24, 2.45) is 0 Å². The predicted molar refractivity (Wildman–Crippen MR) is 265 cm³/mol. The molecule has 0 fully saturated rings. The largest absolute Gasteiger partial charge is 0.455 e. The topological polar surface area (TPSA) is 16.4 Å². The van der Waals surface area contributed by atoms with Crippen molar-refractivity contribution in [2.45, 2.75) is 19.3 Å². The van der Waals surface area contributed by atoms with Gasteiger partial charge in [0.15, 0.2) is 0 Å². The Labute approximate surface area is 368 Å². The van der Waals surface area contributed by atoms with Crippen LogP contribution < -0.4 is 4.90 Å². The Morgan fingerprint density at radius 2 is 0.921 bits per heavy atom. The number of rotatable bonds is 7. The molecule has 12 rings (SSSR count). The van der Waals surface area contributed by atoms with Gasteiger partial charge in [-0.2, -0.15) is 0 Å². The van der Waals surface area contributed by atoms with Gasteiger partial charge < -0.3 is 9.32 Å². The lowest BCUT2D eigenvalue weighted by atomic mass is 9.82. The summed E-state index contributed by atoms with van der Waals surface area (Å²) in [4.78, 5) is 2.52. The molecule has 0 amide bonds. The van der Waals surface area contributed by atoms with Gasteiger partial charge in [0.1, 0.15) is 11.2 Å². The molecule has 0 spiro atoms. The number of hydrogen-bond donors (Lipinski definition) is 0. The van der Waals surface area contributed by atoms with Crippen LogP contribution in [0.2, 0.25) is 0 Å². The highest BCUT2D eigenvalue weighted by molar-refractivity contribution is 6.15. The Bertz CT molecular complexity index is 3540. The standard InChI is InChI=1S/C61H43NO/c1-61(2)54-32-15-13-25-47(54)53-39-42(35-37-55(53)61)62(56-38-36-46(45-24-10-11-26-48(45)56)51-30-17-31-52-49-27-14-16-34-58(49)63-60(51)52)57-33-18-29-44(41-21-7-4-8-22-41)59(57)50-28-12-9-23-43(50)40-19-5-3-6-20-40/h3-39H,1-2H3. The van der Waals surface area contributed by atoms with Gasteiger partial charge in [-0.05, 0) is 91.4 Å². The SMILES string of the molecule is CC1(C)c2ccccc2-c2cc(N(c3cccc(-c4ccccc4)c3-c3ccccc3-c3ccccc3)c3ccc(-c4cccc5c4oc4ccccc45)c4ccccc34)ccc21. The summed E-state index contributed by atoms with van der Waals surface area (Å²) in [5.41, 5.74) is 19.5. The molecule has 11 aromatic rings. The molecule has 1 heterocycles. The first-order valence-electron chi connectivity index (χ1n) is 21.8. The molecule has 298 valence electrons. The molecule has 0 aliphatic heterocycles. The van der Waals surface area contributed by atoms with E-state index in [0.29, 0.717) is 0 Å². The van der Waals surface area contributed by atoms with Crippen LogP contribution in [0, 0.1) is 0 Å². The number of nitrogens with zero attached hydrogens (tertiary/aromatic N) is 1. The molecular weight excluding hydrogens is 763 g/mol. The summed E-state index contributed by atoms with van der Waals surface area (Å²) in [6.07, 6.45) is 0. The molecule has 1 aliphatic rings. The van der Waals surface area contributed by atoms with Crippen LogP contribution in [-0.2, 0) is 5.41 Å². The van der Waals surface area contributed by atoms with Crippen LogP contribution in [0.15, 0.2) is 229 Å². The van der Waals surface area contributed by atoms with Crippen LogP contribution in [0.3, 0.4) is 0 Å². The molecule has 10 aromatic carbocycles. The third-order valence-corrected chi connectivity index (χ3v) is 13.3. The van der Waals surface area contributed by atoms with E-state index >= 15 is 0 Å². The minimum Gasteiger partial charge on any atom is -0.455 e. The highest BCUT2D eigenvalue weighted by Gasteiger charge is 2.36. The minimum absolute atomic E-state index is 0.117. The second-order valence-corrected chi connectivity index (χ2v) is 17.2. The molecule has 0 unspecified atom stereocenters. The van der Waals surface area contributed by atoms with Crippen molar-refractivity contribution in [3.63, 3.8) is 0 Å². The summed E-state index contributed by atoms with van der Waals surface area (Å²) < 4.78 is 6.65. The summed E-state index contributed by atoms with van der Waals surface area (Å²) in [5, 5.41) is 4.56. The highest BCUT2D eigenvalue weighted by Crippen LogP contribution is 2.54. The molecule has 0 radical (unpaired) electrons. The fourth-order valence-electron chi connectivity index (χ4n) is 10.4. The van der Waals surface area contributed by atoms with Gasteiger partial charge >= 0.3 is 0 Å². The van der Waals surface area contributed by atoms with Gasteiger partial charge in [-0.15, -0.1) is 0 Å². The maximum atomic E-state index is 6.65. The first-order valence-corrected chi connectivity index (χ1v) is 21.8. The molecule has 0 bridgehead atoms. The maximum Gasteiger partial charge on any atom is 0.143 e. The molecule has 1 aromatic heterocycles. The Kier molecular flexibility index (Phi) is 8.55. The summed E-state index contributed by atoms with van der Waals surface area (Å²) in [6.45, 7) is 4.71. The van der Waals surface area contributed by atoms with E-state index in [9.17, 15) is 0 Å². The molecule has 2 heteroatoms. The van der Waals surface area contributed by atoms with Gasteiger partial charge in [-0.3, -0.25) is 0 Å². The Hall–Kier alpha value is -7.94. The number of para-hydroxylation sites is 2. The minimum atomic E-state index is -0.117. The lowest BCUT2D eigenvalue weighted by Gasteiger charge is -2.32. The molecule has 0 atom stereocenters. The first-order chi connectivity index (χ1) is 31.0. The zero-order valence-corrected chi connectivity index (χ0v) is 35.2. The van der Waals surface area contributed by atoms with E-state index in [4.69, 9.17) is 4.42 Å². The van der Waals surface area contributed by atoms with Crippen molar-refractivity contribution < 1.29 is 4.42 Å². The van der Waals surface area contributed by atoms with Crippen LogP contribution in [0.5, 0.6) is 0 Å². The number of fused-ring (bicyclic) bond motifs is 7. The summed E-state index contributed by atoms with van der Waals surface area (Å²) in [7, 11) is 0. The van der Waals surface area contributed by atoms with Crippen LogP contribution in [0.25, 0.3) is 88.3 Å². The van der Waals surface area contributed by atoms with E-state index in [2.05, 4.69) is 237 Å². The third kappa shape index (κ3) is 5.86.